The Morgan fingerprint density at radius 3 is 2.89 bits per heavy atom. The molecule has 1 fully saturated rings. The van der Waals surface area contributed by atoms with Gasteiger partial charge in [0.25, 0.3) is 0 Å². The number of carbonyl (C=O) groups excluding carboxylic acids is 1. The molecule has 2 atom stereocenters. The standard InChI is InChI=1S/C21H33N5O2/c1-3-22-21(23-13-16(2)15-26-8-10-28-11-9-26)24-14-17-12-20(27)25-19-7-5-4-6-18(17)19/h4-7,16-17H,3,8-15H2,1-2H3,(H,25,27)(H2,22,23,24). The Balaban J connectivity index is 1.54. The van der Waals surface area contributed by atoms with Gasteiger partial charge in [0.2, 0.25) is 5.91 Å². The van der Waals surface area contributed by atoms with Crippen LogP contribution >= 0.6 is 0 Å². The monoisotopic (exact) mass is 387 g/mol. The molecule has 3 N–H and O–H groups in total. The van der Waals surface area contributed by atoms with Crippen molar-refractivity contribution < 1.29 is 9.53 Å². The maximum absolute atomic E-state index is 12.0. The number of aliphatic imine (C=N–C) groups is 1. The van der Waals surface area contributed by atoms with E-state index in [2.05, 4.69) is 40.8 Å². The van der Waals surface area contributed by atoms with Crippen LogP contribution in [0.3, 0.4) is 0 Å². The Bertz CT molecular complexity index is 673. The fourth-order valence-electron chi connectivity index (χ4n) is 3.77. The molecule has 1 aromatic carbocycles. The number of morpholine rings is 1. The van der Waals surface area contributed by atoms with Gasteiger partial charge in [-0.1, -0.05) is 25.1 Å². The molecule has 0 saturated carbocycles. The molecule has 1 amide bonds. The van der Waals surface area contributed by atoms with Gasteiger partial charge in [0.15, 0.2) is 5.96 Å². The van der Waals surface area contributed by atoms with Crippen molar-refractivity contribution in [2.24, 2.45) is 10.9 Å². The van der Waals surface area contributed by atoms with Crippen LogP contribution in [0.2, 0.25) is 0 Å². The Labute approximate surface area is 167 Å². The van der Waals surface area contributed by atoms with Crippen LogP contribution in [0.4, 0.5) is 5.69 Å². The van der Waals surface area contributed by atoms with Crippen molar-refractivity contribution in [3.8, 4) is 0 Å². The van der Waals surface area contributed by atoms with E-state index in [4.69, 9.17) is 9.73 Å². The minimum Gasteiger partial charge on any atom is -0.379 e. The van der Waals surface area contributed by atoms with E-state index < -0.39 is 0 Å². The molecule has 0 spiro atoms. The Morgan fingerprint density at radius 2 is 2.11 bits per heavy atom. The normalized spacial score (nSPS) is 21.6. The summed E-state index contributed by atoms with van der Waals surface area (Å²) in [6.07, 6.45) is 0.497. The average molecular weight is 388 g/mol. The highest BCUT2D eigenvalue weighted by molar-refractivity contribution is 5.94. The molecule has 0 radical (unpaired) electrons. The maximum atomic E-state index is 12.0. The Morgan fingerprint density at radius 1 is 1.32 bits per heavy atom. The van der Waals surface area contributed by atoms with Gasteiger partial charge in [0.1, 0.15) is 0 Å². The van der Waals surface area contributed by atoms with Crippen LogP contribution < -0.4 is 16.0 Å². The quantitative estimate of drug-likeness (QED) is 0.490. The van der Waals surface area contributed by atoms with Crippen LogP contribution in [0.25, 0.3) is 0 Å². The molecular formula is C21H33N5O2. The fraction of sp³-hybridized carbons (Fsp3) is 0.619. The van der Waals surface area contributed by atoms with Crippen LogP contribution in [-0.4, -0.2) is 69.2 Å². The van der Waals surface area contributed by atoms with Gasteiger partial charge in [0, 0.05) is 57.3 Å². The van der Waals surface area contributed by atoms with Crippen molar-refractivity contribution in [3.05, 3.63) is 29.8 Å². The summed E-state index contributed by atoms with van der Waals surface area (Å²) in [6.45, 7) is 11.3. The summed E-state index contributed by atoms with van der Waals surface area (Å²) in [6, 6.07) is 8.04. The zero-order valence-electron chi connectivity index (χ0n) is 17.0. The van der Waals surface area contributed by atoms with E-state index in [1.54, 1.807) is 0 Å². The number of nitrogens with one attached hydrogen (secondary N) is 3. The molecule has 7 heteroatoms. The predicted octanol–water partition coefficient (Wildman–Crippen LogP) is 1.64. The number of fused-ring (bicyclic) bond motifs is 1. The molecule has 2 heterocycles. The molecule has 7 nitrogen and oxygen atoms in total. The van der Waals surface area contributed by atoms with Gasteiger partial charge >= 0.3 is 0 Å². The fourth-order valence-corrected chi connectivity index (χ4v) is 3.77. The van der Waals surface area contributed by atoms with E-state index in [-0.39, 0.29) is 11.8 Å². The van der Waals surface area contributed by atoms with Gasteiger partial charge in [-0.25, -0.2) is 0 Å². The number of amides is 1. The maximum Gasteiger partial charge on any atom is 0.225 e. The van der Waals surface area contributed by atoms with Crippen molar-refractivity contribution in [2.45, 2.75) is 26.2 Å². The van der Waals surface area contributed by atoms with Gasteiger partial charge in [0.05, 0.1) is 13.2 Å². The number of anilines is 1. The molecule has 1 aromatic rings. The number of hydrogen-bond donors (Lipinski definition) is 3. The number of hydrogen-bond acceptors (Lipinski definition) is 4. The lowest BCUT2D eigenvalue weighted by Gasteiger charge is -2.29. The number of guanidine groups is 1. The Kier molecular flexibility index (Phi) is 7.68. The smallest absolute Gasteiger partial charge is 0.225 e. The second-order valence-corrected chi connectivity index (χ2v) is 7.66. The number of rotatable bonds is 7. The van der Waals surface area contributed by atoms with Crippen LogP contribution in [0.5, 0.6) is 0 Å². The predicted molar refractivity (Wildman–Crippen MR) is 113 cm³/mol. The lowest BCUT2D eigenvalue weighted by molar-refractivity contribution is -0.116. The molecule has 28 heavy (non-hydrogen) atoms. The average Bonchev–Trinajstić information content (AvgIpc) is 2.70. The van der Waals surface area contributed by atoms with E-state index in [0.29, 0.717) is 18.9 Å². The molecule has 2 aliphatic rings. The first-order chi connectivity index (χ1) is 13.7. The molecule has 0 aliphatic carbocycles. The van der Waals surface area contributed by atoms with E-state index in [0.717, 1.165) is 57.6 Å². The number of carbonyl (C=O) groups is 1. The lowest BCUT2D eigenvalue weighted by Crippen LogP contribution is -2.42. The Hall–Kier alpha value is -2.12. The molecule has 2 unspecified atom stereocenters. The number of nitrogens with zero attached hydrogens (tertiary/aromatic N) is 2. The first kappa shape index (κ1) is 20.6. The second-order valence-electron chi connectivity index (χ2n) is 7.66. The molecule has 2 aliphatic heterocycles. The van der Waals surface area contributed by atoms with Crippen LogP contribution in [0, 0.1) is 5.92 Å². The summed E-state index contributed by atoms with van der Waals surface area (Å²) in [5.41, 5.74) is 2.11. The van der Waals surface area contributed by atoms with Gasteiger partial charge in [-0.3, -0.25) is 14.7 Å². The summed E-state index contributed by atoms with van der Waals surface area (Å²) in [5.74, 6) is 1.53. The van der Waals surface area contributed by atoms with E-state index in [1.165, 1.54) is 5.56 Å². The van der Waals surface area contributed by atoms with E-state index in [9.17, 15) is 4.79 Å². The minimum atomic E-state index is 0.0755. The van der Waals surface area contributed by atoms with E-state index in [1.807, 2.05) is 18.2 Å². The van der Waals surface area contributed by atoms with Crippen LogP contribution in [0.1, 0.15) is 31.7 Å². The largest absolute Gasteiger partial charge is 0.379 e. The molecule has 0 aromatic heterocycles. The summed E-state index contributed by atoms with van der Waals surface area (Å²) in [7, 11) is 0. The third kappa shape index (κ3) is 5.94. The number of benzene rings is 1. The molecule has 3 rings (SSSR count). The van der Waals surface area contributed by atoms with Gasteiger partial charge < -0.3 is 20.7 Å². The van der Waals surface area contributed by atoms with Crippen LogP contribution in [0.15, 0.2) is 29.3 Å². The highest BCUT2D eigenvalue weighted by atomic mass is 16.5. The molecule has 1 saturated heterocycles. The summed E-state index contributed by atoms with van der Waals surface area (Å²) < 4.78 is 5.42. The highest BCUT2D eigenvalue weighted by Gasteiger charge is 2.24. The summed E-state index contributed by atoms with van der Waals surface area (Å²) in [4.78, 5) is 19.2. The minimum absolute atomic E-state index is 0.0755. The topological polar surface area (TPSA) is 78.0 Å². The van der Waals surface area contributed by atoms with Gasteiger partial charge in [-0.05, 0) is 24.5 Å². The van der Waals surface area contributed by atoms with Crippen molar-refractivity contribution in [3.63, 3.8) is 0 Å². The molecular weight excluding hydrogens is 354 g/mol. The van der Waals surface area contributed by atoms with Gasteiger partial charge in [-0.2, -0.15) is 0 Å². The third-order valence-electron chi connectivity index (χ3n) is 5.20. The van der Waals surface area contributed by atoms with Crippen molar-refractivity contribution >= 4 is 17.6 Å². The second kappa shape index (κ2) is 10.4. The molecule has 0 bridgehead atoms. The SMILES string of the molecule is CCNC(=NCC(C)CN1CCOCC1)NCC1CC(=O)Nc2ccccc21. The third-order valence-corrected chi connectivity index (χ3v) is 5.20. The van der Waals surface area contributed by atoms with Crippen LogP contribution in [-0.2, 0) is 9.53 Å². The zero-order valence-corrected chi connectivity index (χ0v) is 17.0. The van der Waals surface area contributed by atoms with Crippen molar-refractivity contribution in [1.82, 2.24) is 15.5 Å². The van der Waals surface area contributed by atoms with E-state index >= 15 is 0 Å². The van der Waals surface area contributed by atoms with Gasteiger partial charge in [-0.15, -0.1) is 0 Å². The van der Waals surface area contributed by atoms with Crippen molar-refractivity contribution in [2.75, 3.05) is 57.8 Å². The summed E-state index contributed by atoms with van der Waals surface area (Å²) in [5, 5.41) is 9.71. The first-order valence-corrected chi connectivity index (χ1v) is 10.4. The zero-order chi connectivity index (χ0) is 19.8. The molecule has 154 valence electrons. The highest BCUT2D eigenvalue weighted by Crippen LogP contribution is 2.31. The first-order valence-electron chi connectivity index (χ1n) is 10.4. The number of ether oxygens (including phenoxy) is 1. The lowest BCUT2D eigenvalue weighted by atomic mass is 9.90. The number of para-hydroxylation sites is 1. The van der Waals surface area contributed by atoms with Crippen molar-refractivity contribution in [1.29, 1.82) is 0 Å². The summed E-state index contributed by atoms with van der Waals surface area (Å²) >= 11 is 0.